The van der Waals surface area contributed by atoms with E-state index in [1.165, 1.54) is 6.07 Å². The highest BCUT2D eigenvalue weighted by Crippen LogP contribution is 2.35. The Morgan fingerprint density at radius 2 is 1.77 bits per heavy atom. The van der Waals surface area contributed by atoms with Gasteiger partial charge in [-0.2, -0.15) is 18.2 Å². The molecule has 0 aliphatic rings. The normalized spacial score (nSPS) is 12.6. The first kappa shape index (κ1) is 23.0. The van der Waals surface area contributed by atoms with Crippen LogP contribution in [0.1, 0.15) is 19.4 Å². The van der Waals surface area contributed by atoms with Gasteiger partial charge in [0.15, 0.2) is 0 Å². The predicted molar refractivity (Wildman–Crippen MR) is 117 cm³/mol. The number of anilines is 3. The van der Waals surface area contributed by atoms with Crippen LogP contribution < -0.4 is 10.6 Å². The van der Waals surface area contributed by atoms with Gasteiger partial charge in [-0.3, -0.25) is 4.98 Å². The molecule has 1 atom stereocenters. The molecular formula is C21H21BrF3N5O. The first-order valence-corrected chi connectivity index (χ1v) is 10.3. The molecule has 3 rings (SSSR count). The van der Waals surface area contributed by atoms with Crippen molar-refractivity contribution >= 4 is 33.4 Å². The molecule has 6 nitrogen and oxygen atoms in total. The lowest BCUT2D eigenvalue weighted by Crippen LogP contribution is -2.30. The van der Waals surface area contributed by atoms with E-state index >= 15 is 0 Å². The van der Waals surface area contributed by atoms with E-state index in [-0.39, 0.29) is 29.0 Å². The van der Waals surface area contributed by atoms with Gasteiger partial charge in [0.25, 0.3) is 0 Å². The summed E-state index contributed by atoms with van der Waals surface area (Å²) in [5.74, 6) is 0.788. The van der Waals surface area contributed by atoms with Crippen LogP contribution in [0, 0.1) is 5.92 Å². The third-order valence-electron chi connectivity index (χ3n) is 4.58. The first-order chi connectivity index (χ1) is 14.7. The second-order valence-electron chi connectivity index (χ2n) is 7.19. The fraction of sp³-hybridized carbons (Fsp3) is 0.286. The molecular weight excluding hydrogens is 475 g/mol. The molecule has 0 bridgehead atoms. The van der Waals surface area contributed by atoms with E-state index in [1.54, 1.807) is 30.6 Å². The molecule has 2 heterocycles. The first-order valence-electron chi connectivity index (χ1n) is 9.48. The van der Waals surface area contributed by atoms with Crippen molar-refractivity contribution in [2.24, 2.45) is 5.92 Å². The molecule has 0 saturated carbocycles. The van der Waals surface area contributed by atoms with E-state index in [9.17, 15) is 18.3 Å². The van der Waals surface area contributed by atoms with Gasteiger partial charge in [0.1, 0.15) is 5.82 Å². The Morgan fingerprint density at radius 3 is 2.35 bits per heavy atom. The quantitative estimate of drug-likeness (QED) is 0.401. The zero-order valence-electron chi connectivity index (χ0n) is 16.8. The molecule has 2 aromatic heterocycles. The van der Waals surface area contributed by atoms with Crippen molar-refractivity contribution in [1.29, 1.82) is 0 Å². The van der Waals surface area contributed by atoms with Gasteiger partial charge in [-0.05, 0) is 52.2 Å². The second kappa shape index (κ2) is 9.61. The van der Waals surface area contributed by atoms with E-state index < -0.39 is 11.7 Å². The molecule has 0 aliphatic heterocycles. The smallest absolute Gasteiger partial charge is 0.394 e. The largest absolute Gasteiger partial charge is 0.416 e. The number of benzene rings is 1. The molecule has 0 spiro atoms. The standard InChI is InChI=1S/C21H21BrF3N5O/c1-12(2)18(11-31)29-20-28-17(13-5-7-26-8-6-13)10-19(30-20)27-16-4-3-14(9-15(16)22)21(23,24)25/h3-10,12,18,31H,11H2,1-2H3,(H2,27,28,29,30)/t18-/m1/s1. The summed E-state index contributed by atoms with van der Waals surface area (Å²) in [6.45, 7) is 3.81. The number of rotatable bonds is 7. The van der Waals surface area contributed by atoms with Gasteiger partial charge in [0.2, 0.25) is 5.95 Å². The van der Waals surface area contributed by atoms with Crippen LogP contribution in [0.25, 0.3) is 11.3 Å². The Morgan fingerprint density at radius 1 is 1.06 bits per heavy atom. The van der Waals surface area contributed by atoms with Gasteiger partial charge in [-0.1, -0.05) is 13.8 Å². The summed E-state index contributed by atoms with van der Waals surface area (Å²) in [6.07, 6.45) is -1.17. The molecule has 0 aliphatic carbocycles. The average molecular weight is 496 g/mol. The van der Waals surface area contributed by atoms with Crippen molar-refractivity contribution in [3.63, 3.8) is 0 Å². The minimum atomic E-state index is -4.43. The number of halogens is 4. The molecule has 10 heteroatoms. The number of aromatic nitrogens is 3. The number of pyridine rings is 1. The maximum atomic E-state index is 12.9. The maximum absolute atomic E-state index is 12.9. The molecule has 0 amide bonds. The lowest BCUT2D eigenvalue weighted by molar-refractivity contribution is -0.137. The molecule has 1 aromatic carbocycles. The summed E-state index contributed by atoms with van der Waals surface area (Å²) >= 11 is 3.19. The third kappa shape index (κ3) is 5.92. The van der Waals surface area contributed by atoms with E-state index in [1.807, 2.05) is 13.8 Å². The molecule has 0 unspecified atom stereocenters. The van der Waals surface area contributed by atoms with Crippen molar-refractivity contribution in [2.45, 2.75) is 26.1 Å². The highest BCUT2D eigenvalue weighted by Gasteiger charge is 2.30. The summed E-state index contributed by atoms with van der Waals surface area (Å²) in [7, 11) is 0. The van der Waals surface area contributed by atoms with E-state index in [0.717, 1.165) is 17.7 Å². The van der Waals surface area contributed by atoms with Crippen LogP contribution in [-0.4, -0.2) is 32.7 Å². The van der Waals surface area contributed by atoms with Gasteiger partial charge >= 0.3 is 6.18 Å². The van der Waals surface area contributed by atoms with Crippen molar-refractivity contribution in [3.05, 3.63) is 58.8 Å². The minimum absolute atomic E-state index is 0.103. The highest BCUT2D eigenvalue weighted by molar-refractivity contribution is 9.10. The van der Waals surface area contributed by atoms with Crippen molar-refractivity contribution in [2.75, 3.05) is 17.2 Å². The third-order valence-corrected chi connectivity index (χ3v) is 5.23. The molecule has 0 saturated heterocycles. The SMILES string of the molecule is CC(C)[C@@H](CO)Nc1nc(Nc2ccc(C(F)(F)F)cc2Br)cc(-c2ccncc2)n1. The van der Waals surface area contributed by atoms with Crippen molar-refractivity contribution in [1.82, 2.24) is 15.0 Å². The molecule has 31 heavy (non-hydrogen) atoms. The van der Waals surface area contributed by atoms with E-state index in [4.69, 9.17) is 0 Å². The lowest BCUT2D eigenvalue weighted by Gasteiger charge is -2.21. The zero-order chi connectivity index (χ0) is 22.6. The predicted octanol–water partition coefficient (Wildman–Crippen LogP) is 5.49. The Labute approximate surface area is 186 Å². The van der Waals surface area contributed by atoms with Gasteiger partial charge < -0.3 is 15.7 Å². The second-order valence-corrected chi connectivity index (χ2v) is 8.05. The fourth-order valence-corrected chi connectivity index (χ4v) is 3.24. The highest BCUT2D eigenvalue weighted by atomic mass is 79.9. The van der Waals surface area contributed by atoms with Gasteiger partial charge in [0.05, 0.1) is 29.6 Å². The van der Waals surface area contributed by atoms with Crippen LogP contribution in [0.3, 0.4) is 0 Å². The summed E-state index contributed by atoms with van der Waals surface area (Å²) in [4.78, 5) is 13.0. The fourth-order valence-electron chi connectivity index (χ4n) is 2.77. The van der Waals surface area contributed by atoms with Gasteiger partial charge in [-0.25, -0.2) is 4.98 Å². The Bertz CT molecular complexity index is 1030. The monoisotopic (exact) mass is 495 g/mol. The number of aliphatic hydroxyl groups is 1. The Balaban J connectivity index is 1.98. The van der Waals surface area contributed by atoms with Crippen LogP contribution in [0.5, 0.6) is 0 Å². The molecule has 164 valence electrons. The number of hydrogen-bond acceptors (Lipinski definition) is 6. The summed E-state index contributed by atoms with van der Waals surface area (Å²) < 4.78 is 39.1. The number of nitrogens with zero attached hydrogens (tertiary/aromatic N) is 3. The van der Waals surface area contributed by atoms with Crippen LogP contribution >= 0.6 is 15.9 Å². The van der Waals surface area contributed by atoms with Crippen LogP contribution in [-0.2, 0) is 6.18 Å². The van der Waals surface area contributed by atoms with Crippen LogP contribution in [0.4, 0.5) is 30.6 Å². The van der Waals surface area contributed by atoms with Gasteiger partial charge in [-0.15, -0.1) is 0 Å². The number of aliphatic hydroxyl groups excluding tert-OH is 1. The topological polar surface area (TPSA) is 83.0 Å². The number of hydrogen-bond donors (Lipinski definition) is 3. The summed E-state index contributed by atoms with van der Waals surface area (Å²) in [5, 5.41) is 15.8. The molecule has 0 fully saturated rings. The Hall–Kier alpha value is -2.72. The number of nitrogens with one attached hydrogen (secondary N) is 2. The van der Waals surface area contributed by atoms with Crippen LogP contribution in [0.15, 0.2) is 53.3 Å². The van der Waals surface area contributed by atoms with Crippen LogP contribution in [0.2, 0.25) is 0 Å². The average Bonchev–Trinajstić information content (AvgIpc) is 2.73. The van der Waals surface area contributed by atoms with E-state index in [0.29, 0.717) is 17.2 Å². The number of alkyl halides is 3. The van der Waals surface area contributed by atoms with E-state index in [2.05, 4.69) is 41.5 Å². The van der Waals surface area contributed by atoms with Crippen molar-refractivity contribution < 1.29 is 18.3 Å². The Kier molecular flexibility index (Phi) is 7.11. The molecule has 3 N–H and O–H groups in total. The molecule has 3 aromatic rings. The summed E-state index contributed by atoms with van der Waals surface area (Å²) in [6, 6.07) is 8.34. The molecule has 0 radical (unpaired) electrons. The van der Waals surface area contributed by atoms with Gasteiger partial charge in [0, 0.05) is 28.5 Å². The maximum Gasteiger partial charge on any atom is 0.416 e. The zero-order valence-corrected chi connectivity index (χ0v) is 18.4. The lowest BCUT2D eigenvalue weighted by atomic mass is 10.1. The van der Waals surface area contributed by atoms with Crippen molar-refractivity contribution in [3.8, 4) is 11.3 Å². The summed E-state index contributed by atoms with van der Waals surface area (Å²) in [5.41, 5.74) is 1.04. The minimum Gasteiger partial charge on any atom is -0.394 e.